The zero-order chi connectivity index (χ0) is 12.2. The first-order chi connectivity index (χ1) is 7.49. The summed E-state index contributed by atoms with van der Waals surface area (Å²) in [6.07, 6.45) is 3.20. The first-order valence-electron chi connectivity index (χ1n) is 5.54. The van der Waals surface area contributed by atoms with E-state index >= 15 is 0 Å². The summed E-state index contributed by atoms with van der Waals surface area (Å²) in [6.45, 7) is 4.18. The van der Waals surface area contributed by atoms with Crippen molar-refractivity contribution < 1.29 is 8.42 Å². The van der Waals surface area contributed by atoms with Crippen LogP contribution in [0.2, 0.25) is 0 Å². The van der Waals surface area contributed by atoms with Crippen molar-refractivity contribution in [2.75, 3.05) is 11.6 Å². The summed E-state index contributed by atoms with van der Waals surface area (Å²) in [5.74, 6) is 0. The second-order valence-corrected chi connectivity index (χ2v) is 5.91. The maximum atomic E-state index is 11.6. The lowest BCUT2D eigenvalue weighted by Gasteiger charge is -2.18. The normalized spacial score (nSPS) is 11.8. The summed E-state index contributed by atoms with van der Waals surface area (Å²) in [4.78, 5) is 0.377. The molecule has 1 N–H and O–H groups in total. The van der Waals surface area contributed by atoms with Crippen molar-refractivity contribution in [1.29, 1.82) is 0 Å². The molecule has 1 rings (SSSR count). The van der Waals surface area contributed by atoms with E-state index in [9.17, 15) is 8.42 Å². The molecule has 0 saturated heterocycles. The van der Waals surface area contributed by atoms with Crippen LogP contribution in [0, 0.1) is 0 Å². The molecule has 1 aromatic carbocycles. The highest BCUT2D eigenvalue weighted by atomic mass is 32.2. The van der Waals surface area contributed by atoms with Gasteiger partial charge in [0.2, 0.25) is 0 Å². The van der Waals surface area contributed by atoms with Crippen molar-refractivity contribution in [3.05, 3.63) is 24.3 Å². The predicted octanol–water partition coefficient (Wildman–Crippen LogP) is 2.69. The number of anilines is 1. The molecular weight excluding hydrogens is 222 g/mol. The fraction of sp³-hybridized carbons (Fsp3) is 0.500. The number of sulfone groups is 1. The molecule has 0 aliphatic rings. The van der Waals surface area contributed by atoms with Crippen LogP contribution in [0.4, 0.5) is 5.69 Å². The molecule has 0 aliphatic carbocycles. The van der Waals surface area contributed by atoms with Crippen LogP contribution in [0.25, 0.3) is 0 Å². The van der Waals surface area contributed by atoms with E-state index in [0.717, 1.165) is 12.8 Å². The van der Waals surface area contributed by atoms with Gasteiger partial charge in [0, 0.05) is 12.3 Å². The van der Waals surface area contributed by atoms with E-state index in [-0.39, 0.29) is 0 Å². The molecule has 3 nitrogen and oxygen atoms in total. The van der Waals surface area contributed by atoms with Crippen LogP contribution >= 0.6 is 0 Å². The van der Waals surface area contributed by atoms with Gasteiger partial charge in [-0.25, -0.2) is 8.42 Å². The van der Waals surface area contributed by atoms with Crippen molar-refractivity contribution >= 4 is 15.5 Å². The minimum Gasteiger partial charge on any atom is -0.381 e. The monoisotopic (exact) mass is 241 g/mol. The highest BCUT2D eigenvalue weighted by Gasteiger charge is 2.14. The lowest BCUT2D eigenvalue weighted by Crippen LogP contribution is -2.18. The molecule has 0 amide bonds. The van der Waals surface area contributed by atoms with E-state index in [1.165, 1.54) is 6.26 Å². The Labute approximate surface area is 97.8 Å². The molecule has 1 aromatic rings. The Morgan fingerprint density at radius 3 is 2.25 bits per heavy atom. The molecule has 0 spiro atoms. The van der Waals surface area contributed by atoms with E-state index in [4.69, 9.17) is 0 Å². The van der Waals surface area contributed by atoms with Crippen LogP contribution in [0.3, 0.4) is 0 Å². The predicted molar refractivity (Wildman–Crippen MR) is 67.5 cm³/mol. The molecule has 0 fully saturated rings. The van der Waals surface area contributed by atoms with Gasteiger partial charge in [0.05, 0.1) is 10.6 Å². The first kappa shape index (κ1) is 13.0. The molecule has 0 aromatic heterocycles. The van der Waals surface area contributed by atoms with E-state index < -0.39 is 9.84 Å². The Hall–Kier alpha value is -1.03. The number of para-hydroxylation sites is 1. The maximum absolute atomic E-state index is 11.6. The maximum Gasteiger partial charge on any atom is 0.177 e. The summed E-state index contributed by atoms with van der Waals surface area (Å²) < 4.78 is 23.1. The van der Waals surface area contributed by atoms with Crippen LogP contribution in [-0.2, 0) is 9.84 Å². The summed E-state index contributed by atoms with van der Waals surface area (Å²) in [6, 6.07) is 7.37. The molecule has 0 bridgehead atoms. The van der Waals surface area contributed by atoms with Crippen LogP contribution in [0.5, 0.6) is 0 Å². The average molecular weight is 241 g/mol. The Morgan fingerprint density at radius 1 is 1.19 bits per heavy atom. The third-order valence-electron chi connectivity index (χ3n) is 2.63. The van der Waals surface area contributed by atoms with Gasteiger partial charge < -0.3 is 5.32 Å². The molecule has 16 heavy (non-hydrogen) atoms. The van der Waals surface area contributed by atoms with Crippen LogP contribution in [-0.4, -0.2) is 20.7 Å². The second-order valence-electron chi connectivity index (χ2n) is 3.93. The molecule has 0 heterocycles. The van der Waals surface area contributed by atoms with Crippen LogP contribution < -0.4 is 5.32 Å². The van der Waals surface area contributed by atoms with E-state index in [0.29, 0.717) is 16.6 Å². The number of rotatable bonds is 5. The van der Waals surface area contributed by atoms with Crippen molar-refractivity contribution in [2.24, 2.45) is 0 Å². The SMILES string of the molecule is CCC(CC)Nc1ccccc1S(C)(=O)=O. The largest absolute Gasteiger partial charge is 0.381 e. The van der Waals surface area contributed by atoms with Gasteiger partial charge in [0.25, 0.3) is 0 Å². The molecule has 0 aliphatic heterocycles. The van der Waals surface area contributed by atoms with Crippen molar-refractivity contribution in [3.63, 3.8) is 0 Å². The third-order valence-corrected chi connectivity index (χ3v) is 3.79. The fourth-order valence-electron chi connectivity index (χ4n) is 1.62. The average Bonchev–Trinajstić information content (AvgIpc) is 2.25. The van der Waals surface area contributed by atoms with E-state index in [2.05, 4.69) is 19.2 Å². The topological polar surface area (TPSA) is 46.2 Å². The van der Waals surface area contributed by atoms with Crippen molar-refractivity contribution in [1.82, 2.24) is 0 Å². The molecule has 0 radical (unpaired) electrons. The van der Waals surface area contributed by atoms with Crippen molar-refractivity contribution in [3.8, 4) is 0 Å². The van der Waals surface area contributed by atoms with Gasteiger partial charge in [0.1, 0.15) is 0 Å². The van der Waals surface area contributed by atoms with E-state index in [1.807, 2.05) is 12.1 Å². The number of hydrogen-bond donors (Lipinski definition) is 1. The Kier molecular flexibility index (Phi) is 4.35. The molecule has 90 valence electrons. The Bertz CT molecular complexity index is 436. The van der Waals surface area contributed by atoms with Crippen LogP contribution in [0.15, 0.2) is 29.2 Å². The van der Waals surface area contributed by atoms with Gasteiger partial charge in [-0.3, -0.25) is 0 Å². The minimum absolute atomic E-state index is 0.322. The standard InChI is InChI=1S/C12H19NO2S/c1-4-10(5-2)13-11-8-6-7-9-12(11)16(3,14)15/h6-10,13H,4-5H2,1-3H3. The highest BCUT2D eigenvalue weighted by molar-refractivity contribution is 7.90. The quantitative estimate of drug-likeness (QED) is 0.862. The summed E-state index contributed by atoms with van der Waals surface area (Å²) in [5.41, 5.74) is 0.707. The fourth-order valence-corrected chi connectivity index (χ4v) is 2.47. The first-order valence-corrected chi connectivity index (χ1v) is 7.43. The Morgan fingerprint density at radius 2 is 1.75 bits per heavy atom. The van der Waals surface area contributed by atoms with Gasteiger partial charge in [-0.1, -0.05) is 26.0 Å². The second kappa shape index (κ2) is 5.34. The van der Waals surface area contributed by atoms with Gasteiger partial charge >= 0.3 is 0 Å². The number of hydrogen-bond acceptors (Lipinski definition) is 3. The lowest BCUT2D eigenvalue weighted by molar-refractivity contribution is 0.601. The lowest BCUT2D eigenvalue weighted by atomic mass is 10.1. The number of nitrogens with one attached hydrogen (secondary N) is 1. The van der Waals surface area contributed by atoms with Crippen molar-refractivity contribution in [2.45, 2.75) is 37.6 Å². The number of benzene rings is 1. The molecule has 0 unspecified atom stereocenters. The van der Waals surface area contributed by atoms with Gasteiger partial charge in [-0.2, -0.15) is 0 Å². The molecule has 0 atom stereocenters. The van der Waals surface area contributed by atoms with E-state index in [1.54, 1.807) is 12.1 Å². The van der Waals surface area contributed by atoms with Crippen LogP contribution in [0.1, 0.15) is 26.7 Å². The molecule has 0 saturated carbocycles. The third kappa shape index (κ3) is 3.23. The molecule has 4 heteroatoms. The zero-order valence-electron chi connectivity index (χ0n) is 10.0. The van der Waals surface area contributed by atoms with Gasteiger partial charge in [0.15, 0.2) is 9.84 Å². The smallest absolute Gasteiger partial charge is 0.177 e. The zero-order valence-corrected chi connectivity index (χ0v) is 10.8. The summed E-state index contributed by atoms with van der Waals surface area (Å²) in [5, 5.41) is 3.27. The summed E-state index contributed by atoms with van der Waals surface area (Å²) >= 11 is 0. The highest BCUT2D eigenvalue weighted by Crippen LogP contribution is 2.22. The molecular formula is C12H19NO2S. The minimum atomic E-state index is -3.16. The van der Waals surface area contributed by atoms with Gasteiger partial charge in [-0.15, -0.1) is 0 Å². The van der Waals surface area contributed by atoms with Gasteiger partial charge in [-0.05, 0) is 25.0 Å². The Balaban J connectivity index is 3.05. The summed E-state index contributed by atoms with van der Waals surface area (Å²) in [7, 11) is -3.16.